The lowest BCUT2D eigenvalue weighted by atomic mass is 10.1. The molecule has 98 valence electrons. The number of sulfonamides is 1. The first-order chi connectivity index (χ1) is 8.90. The number of halogens is 2. The van der Waals surface area contributed by atoms with Crippen LogP contribution in [0.4, 0.5) is 0 Å². The molecule has 0 bridgehead atoms. The summed E-state index contributed by atoms with van der Waals surface area (Å²) in [5.41, 5.74) is 0.0125. The topological polar surface area (TPSA) is 63.6 Å². The number of hydrogen-bond donors (Lipinski definition) is 0. The maximum absolute atomic E-state index is 12.0. The van der Waals surface area contributed by atoms with E-state index in [0.717, 1.165) is 12.2 Å². The van der Waals surface area contributed by atoms with Crippen LogP contribution >= 0.6 is 23.2 Å². The van der Waals surface area contributed by atoms with Gasteiger partial charge < -0.3 is 0 Å². The zero-order chi connectivity index (χ0) is 14.0. The zero-order valence-electron chi connectivity index (χ0n) is 9.38. The second-order valence-electron chi connectivity index (χ2n) is 3.62. The van der Waals surface area contributed by atoms with E-state index in [1.54, 1.807) is 18.2 Å². The van der Waals surface area contributed by atoms with E-state index in [-0.39, 0.29) is 20.7 Å². The van der Waals surface area contributed by atoms with E-state index in [4.69, 9.17) is 23.2 Å². The standard InChI is InChI=1S/C12H7Cl2NO3S/c13-10-6-8(7-11(14)12(10)16)15-19(17,18)9-4-2-1-3-5-9/h1-7H. The second kappa shape index (κ2) is 5.28. The van der Waals surface area contributed by atoms with Gasteiger partial charge in [-0.2, -0.15) is 12.8 Å². The van der Waals surface area contributed by atoms with E-state index in [1.807, 2.05) is 0 Å². The third-order valence-corrected chi connectivity index (χ3v) is 4.13. The van der Waals surface area contributed by atoms with E-state index in [1.165, 1.54) is 12.1 Å². The van der Waals surface area contributed by atoms with Gasteiger partial charge in [-0.25, -0.2) is 0 Å². The van der Waals surface area contributed by atoms with Crippen molar-refractivity contribution in [2.45, 2.75) is 4.90 Å². The van der Waals surface area contributed by atoms with E-state index < -0.39 is 15.8 Å². The molecule has 1 aliphatic carbocycles. The van der Waals surface area contributed by atoms with Crippen LogP contribution in [0.25, 0.3) is 0 Å². The van der Waals surface area contributed by atoms with Gasteiger partial charge in [0.05, 0.1) is 20.7 Å². The van der Waals surface area contributed by atoms with Crippen molar-refractivity contribution >= 4 is 44.7 Å². The number of Topliss-reactive ketones (excluding diaryl/α,β-unsaturated/α-hetero) is 1. The Kier molecular flexibility index (Phi) is 3.89. The number of rotatable bonds is 2. The van der Waals surface area contributed by atoms with Crippen LogP contribution in [-0.2, 0) is 14.8 Å². The third-order valence-electron chi connectivity index (χ3n) is 2.25. The van der Waals surface area contributed by atoms with Crippen molar-refractivity contribution in [1.82, 2.24) is 0 Å². The summed E-state index contributed by atoms with van der Waals surface area (Å²) in [5, 5.41) is -0.343. The molecule has 0 atom stereocenters. The molecule has 1 aromatic rings. The van der Waals surface area contributed by atoms with E-state index >= 15 is 0 Å². The average Bonchev–Trinajstić information content (AvgIpc) is 2.36. The molecular weight excluding hydrogens is 309 g/mol. The van der Waals surface area contributed by atoms with Crippen molar-refractivity contribution in [1.29, 1.82) is 0 Å². The molecule has 0 heterocycles. The molecule has 0 aromatic heterocycles. The zero-order valence-corrected chi connectivity index (χ0v) is 11.7. The molecule has 4 nitrogen and oxygen atoms in total. The molecule has 19 heavy (non-hydrogen) atoms. The van der Waals surface area contributed by atoms with Crippen molar-refractivity contribution in [3.63, 3.8) is 0 Å². The summed E-state index contributed by atoms with van der Waals surface area (Å²) < 4.78 is 27.5. The number of benzene rings is 1. The third kappa shape index (κ3) is 3.12. The lowest BCUT2D eigenvalue weighted by Crippen LogP contribution is -2.10. The maximum atomic E-state index is 12.0. The van der Waals surface area contributed by atoms with Gasteiger partial charge in [-0.05, 0) is 24.3 Å². The van der Waals surface area contributed by atoms with Crippen molar-refractivity contribution in [2.75, 3.05) is 0 Å². The molecule has 0 amide bonds. The summed E-state index contributed by atoms with van der Waals surface area (Å²) in [6, 6.07) is 7.71. The van der Waals surface area contributed by atoms with Crippen LogP contribution in [0.1, 0.15) is 0 Å². The number of nitrogens with zero attached hydrogens (tertiary/aromatic N) is 1. The number of hydrogen-bond acceptors (Lipinski definition) is 3. The fourth-order valence-electron chi connectivity index (χ4n) is 1.38. The Morgan fingerprint density at radius 2 is 1.47 bits per heavy atom. The van der Waals surface area contributed by atoms with Crippen LogP contribution in [-0.4, -0.2) is 19.9 Å². The van der Waals surface area contributed by atoms with E-state index in [9.17, 15) is 13.2 Å². The van der Waals surface area contributed by atoms with Gasteiger partial charge >= 0.3 is 0 Å². The highest BCUT2D eigenvalue weighted by Crippen LogP contribution is 2.21. The molecule has 0 spiro atoms. The van der Waals surface area contributed by atoms with Gasteiger partial charge in [0, 0.05) is 0 Å². The largest absolute Gasteiger partial charge is 0.287 e. The van der Waals surface area contributed by atoms with Crippen LogP contribution in [0.5, 0.6) is 0 Å². The minimum atomic E-state index is -3.85. The smallest absolute Gasteiger partial charge is 0.282 e. The highest BCUT2D eigenvalue weighted by atomic mass is 35.5. The first-order valence-electron chi connectivity index (χ1n) is 5.09. The predicted octanol–water partition coefficient (Wildman–Crippen LogP) is 2.64. The number of allylic oxidation sites excluding steroid dienone is 4. The molecule has 0 unspecified atom stereocenters. The number of ketones is 1. The fourth-order valence-corrected chi connectivity index (χ4v) is 2.85. The van der Waals surface area contributed by atoms with Crippen LogP contribution in [0.2, 0.25) is 0 Å². The molecule has 0 radical (unpaired) electrons. The summed E-state index contributed by atoms with van der Waals surface area (Å²) in [6.45, 7) is 0. The lowest BCUT2D eigenvalue weighted by molar-refractivity contribution is -0.111. The van der Waals surface area contributed by atoms with Gasteiger partial charge in [-0.3, -0.25) is 4.79 Å². The van der Waals surface area contributed by atoms with Gasteiger partial charge in [-0.1, -0.05) is 41.4 Å². The molecule has 1 aromatic carbocycles. The van der Waals surface area contributed by atoms with Crippen LogP contribution in [0.15, 0.2) is 61.8 Å². The van der Waals surface area contributed by atoms with Crippen LogP contribution < -0.4 is 0 Å². The SMILES string of the molecule is O=C1C(Cl)=CC(=NS(=O)(=O)c2ccccc2)C=C1Cl. The summed E-state index contributed by atoms with van der Waals surface area (Å²) in [5.74, 6) is -0.556. The van der Waals surface area contributed by atoms with Crippen molar-refractivity contribution in [3.05, 3.63) is 52.5 Å². The first kappa shape index (κ1) is 14.0. The predicted molar refractivity (Wildman–Crippen MR) is 73.9 cm³/mol. The van der Waals surface area contributed by atoms with Gasteiger partial charge in [0.2, 0.25) is 5.78 Å². The van der Waals surface area contributed by atoms with E-state index in [2.05, 4.69) is 4.40 Å². The number of carbonyl (C=O) groups excluding carboxylic acids is 1. The molecule has 2 rings (SSSR count). The van der Waals surface area contributed by atoms with Crippen LogP contribution in [0, 0.1) is 0 Å². The van der Waals surface area contributed by atoms with Crippen molar-refractivity contribution < 1.29 is 13.2 Å². The Morgan fingerprint density at radius 1 is 0.947 bits per heavy atom. The summed E-state index contributed by atoms with van der Waals surface area (Å²) in [4.78, 5) is 11.4. The normalized spacial score (nSPS) is 15.9. The second-order valence-corrected chi connectivity index (χ2v) is 6.04. The lowest BCUT2D eigenvalue weighted by Gasteiger charge is -2.06. The van der Waals surface area contributed by atoms with Crippen molar-refractivity contribution in [2.24, 2.45) is 4.40 Å². The average molecular weight is 316 g/mol. The molecule has 0 saturated carbocycles. The summed E-state index contributed by atoms with van der Waals surface area (Å²) in [6.07, 6.45) is 2.33. The highest BCUT2D eigenvalue weighted by molar-refractivity contribution is 7.90. The molecule has 0 N–H and O–H groups in total. The molecule has 7 heteroatoms. The highest BCUT2D eigenvalue weighted by Gasteiger charge is 2.20. The molecule has 0 saturated heterocycles. The van der Waals surface area contributed by atoms with E-state index in [0.29, 0.717) is 0 Å². The Bertz CT molecular complexity index is 695. The van der Waals surface area contributed by atoms with Crippen molar-refractivity contribution in [3.8, 4) is 0 Å². The molecular formula is C12H7Cl2NO3S. The molecule has 0 aliphatic heterocycles. The molecule has 0 fully saturated rings. The van der Waals surface area contributed by atoms with Crippen LogP contribution in [0.3, 0.4) is 0 Å². The van der Waals surface area contributed by atoms with Gasteiger partial charge in [0.1, 0.15) is 0 Å². The Hall–Kier alpha value is -1.43. The monoisotopic (exact) mass is 315 g/mol. The minimum absolute atomic E-state index is 0.0125. The maximum Gasteiger partial charge on any atom is 0.282 e. The van der Waals surface area contributed by atoms with Gasteiger partial charge in [-0.15, -0.1) is 0 Å². The number of carbonyl (C=O) groups is 1. The summed E-state index contributed by atoms with van der Waals surface area (Å²) >= 11 is 11.3. The Morgan fingerprint density at radius 3 is 2.00 bits per heavy atom. The van der Waals surface area contributed by atoms with Gasteiger partial charge in [0.15, 0.2) is 0 Å². The Balaban J connectivity index is 2.46. The Labute approximate surface area is 120 Å². The quantitative estimate of drug-likeness (QED) is 0.788. The fraction of sp³-hybridized carbons (Fsp3) is 0. The summed E-state index contributed by atoms with van der Waals surface area (Å²) in [7, 11) is -3.85. The van der Waals surface area contributed by atoms with Gasteiger partial charge in [0.25, 0.3) is 10.0 Å². The first-order valence-corrected chi connectivity index (χ1v) is 7.29. The minimum Gasteiger partial charge on any atom is -0.287 e. The molecule has 1 aliphatic rings.